The van der Waals surface area contributed by atoms with Gasteiger partial charge in [-0.2, -0.15) is 0 Å². The lowest BCUT2D eigenvalue weighted by Crippen LogP contribution is -2.48. The van der Waals surface area contributed by atoms with Crippen molar-refractivity contribution < 1.29 is 9.47 Å². The van der Waals surface area contributed by atoms with Gasteiger partial charge < -0.3 is 19.7 Å². The van der Waals surface area contributed by atoms with Crippen molar-refractivity contribution in [1.82, 2.24) is 15.1 Å². The summed E-state index contributed by atoms with van der Waals surface area (Å²) in [5, 5.41) is 3.60. The fourth-order valence-corrected chi connectivity index (χ4v) is 4.15. The van der Waals surface area contributed by atoms with E-state index in [1.54, 1.807) is 7.11 Å². The van der Waals surface area contributed by atoms with E-state index in [1.165, 1.54) is 11.1 Å². The first-order valence-corrected chi connectivity index (χ1v) is 10.5. The Morgan fingerprint density at radius 1 is 1.24 bits per heavy atom. The Morgan fingerprint density at radius 2 is 2.03 bits per heavy atom. The number of rotatable bonds is 8. The Kier molecular flexibility index (Phi) is 10.7. The number of hydrogen-bond donors (Lipinski definition) is 1. The Hall–Kier alpha value is -0.900. The van der Waals surface area contributed by atoms with Crippen molar-refractivity contribution in [1.29, 1.82) is 0 Å². The highest BCUT2D eigenvalue weighted by atomic mass is 127. The fraction of sp³-hybridized carbons (Fsp3) is 0.682. The van der Waals surface area contributed by atoms with E-state index in [1.807, 2.05) is 7.05 Å². The number of nitrogens with one attached hydrogen (secondary N) is 1. The van der Waals surface area contributed by atoms with Crippen LogP contribution in [-0.4, -0.2) is 82.0 Å². The van der Waals surface area contributed by atoms with Crippen LogP contribution in [0, 0.1) is 5.92 Å². The van der Waals surface area contributed by atoms with E-state index in [0.717, 1.165) is 58.1 Å². The molecule has 1 aromatic carbocycles. The van der Waals surface area contributed by atoms with Gasteiger partial charge in [-0.3, -0.25) is 9.89 Å². The predicted molar refractivity (Wildman–Crippen MR) is 129 cm³/mol. The molecular weight excluding hydrogens is 479 g/mol. The maximum Gasteiger partial charge on any atom is 0.193 e. The van der Waals surface area contributed by atoms with Crippen LogP contribution >= 0.6 is 24.0 Å². The average molecular weight is 516 g/mol. The minimum atomic E-state index is 0. The maximum absolute atomic E-state index is 5.71. The SMILES string of the molecule is CN=C(NCC(C)N1CCc2ccccc2C1)N1CCC(COCCOC)C1.I. The van der Waals surface area contributed by atoms with E-state index in [2.05, 4.69) is 51.3 Å². The molecule has 2 atom stereocenters. The summed E-state index contributed by atoms with van der Waals surface area (Å²) in [6.07, 6.45) is 2.30. The second-order valence-corrected chi connectivity index (χ2v) is 7.93. The molecule has 2 aliphatic heterocycles. The normalized spacial score (nSPS) is 20.9. The average Bonchev–Trinajstić information content (AvgIpc) is 3.20. The predicted octanol–water partition coefficient (Wildman–Crippen LogP) is 2.61. The van der Waals surface area contributed by atoms with Crippen molar-refractivity contribution >= 4 is 29.9 Å². The number of likely N-dealkylation sites (tertiary alicyclic amines) is 1. The molecule has 2 heterocycles. The van der Waals surface area contributed by atoms with Gasteiger partial charge >= 0.3 is 0 Å². The standard InChI is InChI=1S/C22H36N4O2.HI/c1-18(25-11-9-20-6-4-5-7-21(20)16-25)14-24-22(23-2)26-10-8-19(15-26)17-28-13-12-27-3;/h4-7,18-19H,8-17H2,1-3H3,(H,23,24);1H. The Morgan fingerprint density at radius 3 is 2.79 bits per heavy atom. The van der Waals surface area contributed by atoms with Crippen molar-refractivity contribution in [2.45, 2.75) is 32.4 Å². The summed E-state index contributed by atoms with van der Waals surface area (Å²) in [6.45, 7) is 9.60. The van der Waals surface area contributed by atoms with Crippen LogP contribution in [-0.2, 0) is 22.4 Å². The molecule has 7 heteroatoms. The summed E-state index contributed by atoms with van der Waals surface area (Å²) in [7, 11) is 3.59. The molecule has 2 aliphatic rings. The van der Waals surface area contributed by atoms with E-state index < -0.39 is 0 Å². The van der Waals surface area contributed by atoms with Crippen molar-refractivity contribution in [2.75, 3.05) is 60.2 Å². The molecule has 1 fully saturated rings. The largest absolute Gasteiger partial charge is 0.382 e. The smallest absolute Gasteiger partial charge is 0.193 e. The molecule has 6 nitrogen and oxygen atoms in total. The number of fused-ring (bicyclic) bond motifs is 1. The van der Waals surface area contributed by atoms with Crippen molar-refractivity contribution in [3.63, 3.8) is 0 Å². The summed E-state index contributed by atoms with van der Waals surface area (Å²) in [5.41, 5.74) is 2.98. The van der Waals surface area contributed by atoms with Crippen molar-refractivity contribution in [3.05, 3.63) is 35.4 Å². The zero-order valence-electron chi connectivity index (χ0n) is 18.1. The lowest BCUT2D eigenvalue weighted by atomic mass is 9.99. The molecule has 0 amide bonds. The quantitative estimate of drug-likeness (QED) is 0.249. The van der Waals surface area contributed by atoms with Gasteiger partial charge in [-0.1, -0.05) is 24.3 Å². The van der Waals surface area contributed by atoms with Gasteiger partial charge in [0.15, 0.2) is 5.96 Å². The van der Waals surface area contributed by atoms with E-state index in [0.29, 0.717) is 25.2 Å². The molecule has 164 valence electrons. The molecule has 1 aromatic rings. The van der Waals surface area contributed by atoms with Gasteiger partial charge in [0.2, 0.25) is 0 Å². The summed E-state index contributed by atoms with van der Waals surface area (Å²) in [4.78, 5) is 9.45. The second-order valence-electron chi connectivity index (χ2n) is 7.93. The number of halogens is 1. The maximum atomic E-state index is 5.71. The molecule has 0 bridgehead atoms. The van der Waals surface area contributed by atoms with E-state index in [9.17, 15) is 0 Å². The van der Waals surface area contributed by atoms with Crippen LogP contribution in [0.4, 0.5) is 0 Å². The molecule has 0 spiro atoms. The highest BCUT2D eigenvalue weighted by molar-refractivity contribution is 14.0. The molecule has 0 aliphatic carbocycles. The highest BCUT2D eigenvalue weighted by Gasteiger charge is 2.26. The lowest BCUT2D eigenvalue weighted by molar-refractivity contribution is 0.0536. The molecular formula is C22H37IN4O2. The van der Waals surface area contributed by atoms with E-state index in [-0.39, 0.29) is 24.0 Å². The summed E-state index contributed by atoms with van der Waals surface area (Å²) in [5.74, 6) is 1.59. The van der Waals surface area contributed by atoms with Crippen LogP contribution < -0.4 is 5.32 Å². The third-order valence-electron chi connectivity index (χ3n) is 5.92. The van der Waals surface area contributed by atoms with Crippen molar-refractivity contribution in [3.8, 4) is 0 Å². The monoisotopic (exact) mass is 516 g/mol. The minimum Gasteiger partial charge on any atom is -0.382 e. The number of nitrogens with zero attached hydrogens (tertiary/aromatic N) is 3. The van der Waals surface area contributed by atoms with Gasteiger partial charge in [0.05, 0.1) is 19.8 Å². The third-order valence-corrected chi connectivity index (χ3v) is 5.92. The highest BCUT2D eigenvalue weighted by Crippen LogP contribution is 2.20. The molecule has 29 heavy (non-hydrogen) atoms. The Labute approximate surface area is 193 Å². The van der Waals surface area contributed by atoms with Crippen LogP contribution in [0.25, 0.3) is 0 Å². The molecule has 1 saturated heterocycles. The zero-order valence-corrected chi connectivity index (χ0v) is 20.4. The molecule has 0 radical (unpaired) electrons. The Bertz CT molecular complexity index is 643. The Balaban J connectivity index is 0.00000300. The first-order valence-electron chi connectivity index (χ1n) is 10.5. The fourth-order valence-electron chi connectivity index (χ4n) is 4.15. The number of ether oxygens (including phenoxy) is 2. The summed E-state index contributed by atoms with van der Waals surface area (Å²) < 4.78 is 10.7. The zero-order chi connectivity index (χ0) is 19.8. The van der Waals surface area contributed by atoms with E-state index >= 15 is 0 Å². The van der Waals surface area contributed by atoms with E-state index in [4.69, 9.17) is 9.47 Å². The van der Waals surface area contributed by atoms with Gasteiger partial charge in [-0.25, -0.2) is 0 Å². The first kappa shape index (κ1) is 24.4. The summed E-state index contributed by atoms with van der Waals surface area (Å²) >= 11 is 0. The van der Waals surface area contributed by atoms with Gasteiger partial charge in [0.25, 0.3) is 0 Å². The number of hydrogen-bond acceptors (Lipinski definition) is 4. The first-order chi connectivity index (χ1) is 13.7. The second kappa shape index (κ2) is 12.7. The number of aliphatic imine (C=N–C) groups is 1. The van der Waals surface area contributed by atoms with Gasteiger partial charge in [-0.15, -0.1) is 24.0 Å². The molecule has 2 unspecified atom stereocenters. The van der Waals surface area contributed by atoms with Gasteiger partial charge in [-0.05, 0) is 30.9 Å². The number of benzene rings is 1. The van der Waals surface area contributed by atoms with Crippen LogP contribution in [0.1, 0.15) is 24.5 Å². The van der Waals surface area contributed by atoms with Crippen LogP contribution in [0.3, 0.4) is 0 Å². The van der Waals surface area contributed by atoms with Gasteiger partial charge in [0, 0.05) is 58.8 Å². The topological polar surface area (TPSA) is 49.3 Å². The minimum absolute atomic E-state index is 0. The summed E-state index contributed by atoms with van der Waals surface area (Å²) in [6, 6.07) is 9.30. The molecule has 1 N–H and O–H groups in total. The van der Waals surface area contributed by atoms with Crippen molar-refractivity contribution in [2.24, 2.45) is 10.9 Å². The molecule has 0 aromatic heterocycles. The van der Waals surface area contributed by atoms with Crippen LogP contribution in [0.15, 0.2) is 29.3 Å². The number of methoxy groups -OCH3 is 1. The van der Waals surface area contributed by atoms with Gasteiger partial charge in [0.1, 0.15) is 0 Å². The molecule has 3 rings (SSSR count). The van der Waals surface area contributed by atoms with Crippen LogP contribution in [0.2, 0.25) is 0 Å². The lowest BCUT2D eigenvalue weighted by Gasteiger charge is -2.34. The molecule has 0 saturated carbocycles. The number of guanidine groups is 1. The van der Waals surface area contributed by atoms with Crippen LogP contribution in [0.5, 0.6) is 0 Å². The third kappa shape index (κ3) is 7.08.